The summed E-state index contributed by atoms with van der Waals surface area (Å²) in [6, 6.07) is 0. The van der Waals surface area contributed by atoms with Crippen LogP contribution in [0.4, 0.5) is 0 Å². The highest BCUT2D eigenvalue weighted by atomic mass is 16.5. The highest BCUT2D eigenvalue weighted by Crippen LogP contribution is 2.17. The molecule has 2 atom stereocenters. The van der Waals surface area contributed by atoms with Gasteiger partial charge in [-0.05, 0) is 5.92 Å². The summed E-state index contributed by atoms with van der Waals surface area (Å²) in [6.07, 6.45) is 19.7. The molecule has 2 unspecified atom stereocenters. The molecule has 0 aromatic heterocycles. The molecule has 0 spiro atoms. The Bertz CT molecular complexity index is 473. The number of carbonyl (C=O) groups is 2. The molecule has 0 amide bonds. The summed E-state index contributed by atoms with van der Waals surface area (Å²) in [5.41, 5.74) is 0. The number of hydrogen-bond acceptors (Lipinski definition) is 3. The Morgan fingerprint density at radius 2 is 1.19 bits per heavy atom. The number of quaternary nitrogens is 1. The fourth-order valence-corrected chi connectivity index (χ4v) is 4.26. The molecule has 0 aromatic carbocycles. The minimum Gasteiger partial charge on any atom is -0.481 e. The van der Waals surface area contributed by atoms with E-state index in [9.17, 15) is 9.59 Å². The third-order valence-electron chi connectivity index (χ3n) is 6.02. The van der Waals surface area contributed by atoms with Crippen LogP contribution in [0.25, 0.3) is 0 Å². The van der Waals surface area contributed by atoms with Crippen molar-refractivity contribution in [2.24, 2.45) is 5.92 Å². The summed E-state index contributed by atoms with van der Waals surface area (Å²) < 4.78 is 6.07. The van der Waals surface area contributed by atoms with Crippen LogP contribution in [-0.4, -0.2) is 55.3 Å². The fourth-order valence-electron chi connectivity index (χ4n) is 4.26. The molecule has 0 aromatic rings. The zero-order chi connectivity index (χ0) is 24.2. The summed E-state index contributed by atoms with van der Waals surface area (Å²) in [6.45, 7) is 4.87. The zero-order valence-electron chi connectivity index (χ0n) is 22.0. The number of rotatable bonds is 22. The molecule has 0 radical (unpaired) electrons. The average molecular weight is 457 g/mol. The molecule has 0 fully saturated rings. The number of nitrogens with zero attached hydrogens (tertiary/aromatic N) is 1. The first kappa shape index (κ1) is 30.9. The van der Waals surface area contributed by atoms with Crippen LogP contribution >= 0.6 is 0 Å². The minimum atomic E-state index is -0.924. The maximum atomic E-state index is 12.3. The molecule has 190 valence electrons. The van der Waals surface area contributed by atoms with Gasteiger partial charge in [-0.25, -0.2) is 0 Å². The lowest BCUT2D eigenvalue weighted by Crippen LogP contribution is -2.43. The van der Waals surface area contributed by atoms with Crippen LogP contribution in [0, 0.1) is 5.92 Å². The Morgan fingerprint density at radius 1 is 0.750 bits per heavy atom. The van der Waals surface area contributed by atoms with E-state index >= 15 is 0 Å². The number of likely N-dealkylation sites (N-methyl/N-ethyl adjacent to an activating group) is 1. The SMILES string of the molecule is CCCCCCCCCCCCCCCCC(C)CC(=O)OC(CC(=O)O)C[N+](C)(C)C. The predicted octanol–water partition coefficient (Wildman–Crippen LogP) is 6.98. The Labute approximate surface area is 198 Å². The number of aliphatic carboxylic acids is 1. The number of carbonyl (C=O) groups excluding carboxylic acids is 1. The first-order valence-corrected chi connectivity index (χ1v) is 13.4. The first-order chi connectivity index (χ1) is 15.1. The van der Waals surface area contributed by atoms with Crippen LogP contribution in [0.2, 0.25) is 0 Å². The number of esters is 1. The molecule has 0 bridgehead atoms. The van der Waals surface area contributed by atoms with Gasteiger partial charge in [-0.2, -0.15) is 0 Å². The van der Waals surface area contributed by atoms with Crippen molar-refractivity contribution in [2.75, 3.05) is 27.7 Å². The second-order valence-electron chi connectivity index (χ2n) is 10.9. The molecule has 5 heteroatoms. The van der Waals surface area contributed by atoms with Crippen molar-refractivity contribution in [1.29, 1.82) is 0 Å². The number of hydrogen-bond donors (Lipinski definition) is 1. The molecule has 1 N–H and O–H groups in total. The van der Waals surface area contributed by atoms with Gasteiger partial charge in [0.15, 0.2) is 6.10 Å². The van der Waals surface area contributed by atoms with Crippen LogP contribution < -0.4 is 0 Å². The van der Waals surface area contributed by atoms with Gasteiger partial charge in [0.25, 0.3) is 0 Å². The molecular formula is C27H54NO4+. The van der Waals surface area contributed by atoms with E-state index in [1.807, 2.05) is 21.1 Å². The van der Waals surface area contributed by atoms with Crippen molar-refractivity contribution < 1.29 is 23.9 Å². The van der Waals surface area contributed by atoms with Gasteiger partial charge in [0, 0.05) is 6.42 Å². The monoisotopic (exact) mass is 456 g/mol. The largest absolute Gasteiger partial charge is 0.481 e. The van der Waals surface area contributed by atoms with Crippen molar-refractivity contribution in [3.8, 4) is 0 Å². The van der Waals surface area contributed by atoms with E-state index in [0.717, 1.165) is 12.8 Å². The quantitative estimate of drug-likeness (QED) is 0.108. The van der Waals surface area contributed by atoms with Crippen LogP contribution in [0.3, 0.4) is 0 Å². The molecular weight excluding hydrogens is 402 g/mol. The molecule has 0 saturated carbocycles. The molecule has 0 aliphatic rings. The van der Waals surface area contributed by atoms with Gasteiger partial charge < -0.3 is 14.3 Å². The highest BCUT2D eigenvalue weighted by Gasteiger charge is 2.25. The molecule has 32 heavy (non-hydrogen) atoms. The van der Waals surface area contributed by atoms with E-state index in [4.69, 9.17) is 9.84 Å². The third kappa shape index (κ3) is 22.1. The van der Waals surface area contributed by atoms with Gasteiger partial charge in [0.1, 0.15) is 6.54 Å². The molecule has 0 aliphatic carbocycles. The molecule has 5 nitrogen and oxygen atoms in total. The van der Waals surface area contributed by atoms with Crippen molar-refractivity contribution in [3.05, 3.63) is 0 Å². The summed E-state index contributed by atoms with van der Waals surface area (Å²) >= 11 is 0. The lowest BCUT2D eigenvalue weighted by Gasteiger charge is -2.28. The third-order valence-corrected chi connectivity index (χ3v) is 6.02. The standard InChI is InChI=1S/C27H53NO4/c1-6-7-8-9-10-11-12-13-14-15-16-17-18-19-20-24(2)21-27(31)32-25(22-26(29)30)23-28(3,4)5/h24-25H,6-23H2,1-5H3/p+1. The Morgan fingerprint density at radius 3 is 1.59 bits per heavy atom. The Balaban J connectivity index is 3.70. The molecule has 0 aliphatic heterocycles. The second kappa shape index (κ2) is 19.4. The average Bonchev–Trinajstić information content (AvgIpc) is 2.66. The topological polar surface area (TPSA) is 63.6 Å². The van der Waals surface area contributed by atoms with E-state index in [2.05, 4.69) is 13.8 Å². The fraction of sp³-hybridized carbons (Fsp3) is 0.926. The number of ether oxygens (including phenoxy) is 1. The van der Waals surface area contributed by atoms with Gasteiger partial charge >= 0.3 is 11.9 Å². The second-order valence-corrected chi connectivity index (χ2v) is 10.9. The van der Waals surface area contributed by atoms with Crippen LogP contribution in [0.5, 0.6) is 0 Å². The van der Waals surface area contributed by atoms with Crippen LogP contribution in [0.15, 0.2) is 0 Å². The van der Waals surface area contributed by atoms with E-state index in [1.54, 1.807) is 0 Å². The molecule has 0 heterocycles. The lowest BCUT2D eigenvalue weighted by molar-refractivity contribution is -0.873. The highest BCUT2D eigenvalue weighted by molar-refractivity contribution is 5.71. The van der Waals surface area contributed by atoms with E-state index in [1.165, 1.54) is 83.5 Å². The number of carboxylic acids is 1. The smallest absolute Gasteiger partial charge is 0.307 e. The van der Waals surface area contributed by atoms with E-state index in [0.29, 0.717) is 17.4 Å². The number of carboxylic acid groups (broad SMARTS) is 1. The van der Waals surface area contributed by atoms with Gasteiger partial charge in [-0.15, -0.1) is 0 Å². The Hall–Kier alpha value is -1.10. The zero-order valence-corrected chi connectivity index (χ0v) is 22.0. The molecule has 0 rings (SSSR count). The van der Waals surface area contributed by atoms with Crippen molar-refractivity contribution in [2.45, 2.75) is 129 Å². The summed E-state index contributed by atoms with van der Waals surface area (Å²) in [4.78, 5) is 23.3. The van der Waals surface area contributed by atoms with Gasteiger partial charge in [0.2, 0.25) is 0 Å². The number of unbranched alkanes of at least 4 members (excludes halogenated alkanes) is 13. The summed E-state index contributed by atoms with van der Waals surface area (Å²) in [7, 11) is 5.92. The van der Waals surface area contributed by atoms with E-state index in [-0.39, 0.29) is 18.3 Å². The van der Waals surface area contributed by atoms with Crippen molar-refractivity contribution >= 4 is 11.9 Å². The predicted molar refractivity (Wildman–Crippen MR) is 134 cm³/mol. The maximum Gasteiger partial charge on any atom is 0.307 e. The normalized spacial score (nSPS) is 13.7. The summed E-state index contributed by atoms with van der Waals surface area (Å²) in [5, 5.41) is 9.07. The van der Waals surface area contributed by atoms with Gasteiger partial charge in [0.05, 0.1) is 27.6 Å². The van der Waals surface area contributed by atoms with Crippen molar-refractivity contribution in [1.82, 2.24) is 0 Å². The van der Waals surface area contributed by atoms with Crippen LogP contribution in [0.1, 0.15) is 123 Å². The Kier molecular flexibility index (Phi) is 18.7. The molecule has 0 saturated heterocycles. The minimum absolute atomic E-state index is 0.130. The van der Waals surface area contributed by atoms with Crippen LogP contribution in [-0.2, 0) is 14.3 Å². The summed E-state index contributed by atoms with van der Waals surface area (Å²) in [5.74, 6) is -0.899. The van der Waals surface area contributed by atoms with Crippen molar-refractivity contribution in [3.63, 3.8) is 0 Å². The maximum absolute atomic E-state index is 12.3. The van der Waals surface area contributed by atoms with Gasteiger partial charge in [-0.1, -0.05) is 110 Å². The first-order valence-electron chi connectivity index (χ1n) is 13.4. The van der Waals surface area contributed by atoms with E-state index < -0.39 is 12.1 Å². The van der Waals surface area contributed by atoms with Gasteiger partial charge in [-0.3, -0.25) is 9.59 Å². The lowest BCUT2D eigenvalue weighted by atomic mass is 9.98.